The molecule has 0 spiro atoms. The molecule has 0 bridgehead atoms. The standard InChI is InChI=1S/C9H5N5O2/c10-4-8-12-5-14(13-8)6-1-2-11-7(3-6)9(15)16/h1-3,5H,(H,15,16). The Morgan fingerprint density at radius 2 is 2.31 bits per heavy atom. The zero-order valence-electron chi connectivity index (χ0n) is 7.90. The fourth-order valence-corrected chi connectivity index (χ4v) is 1.12. The predicted octanol–water partition coefficient (Wildman–Crippen LogP) is 0.232. The Bertz CT molecular complexity index is 584. The summed E-state index contributed by atoms with van der Waals surface area (Å²) in [4.78, 5) is 18.1. The molecule has 0 fully saturated rings. The molecule has 0 saturated carbocycles. The monoisotopic (exact) mass is 215 g/mol. The van der Waals surface area contributed by atoms with Gasteiger partial charge in [-0.15, -0.1) is 5.10 Å². The number of hydrogen-bond donors (Lipinski definition) is 1. The molecule has 16 heavy (non-hydrogen) atoms. The number of rotatable bonds is 2. The van der Waals surface area contributed by atoms with Crippen LogP contribution in [-0.4, -0.2) is 30.8 Å². The van der Waals surface area contributed by atoms with Crippen LogP contribution in [0.1, 0.15) is 16.3 Å². The lowest BCUT2D eigenvalue weighted by Crippen LogP contribution is -2.03. The highest BCUT2D eigenvalue weighted by atomic mass is 16.4. The van der Waals surface area contributed by atoms with E-state index in [4.69, 9.17) is 10.4 Å². The summed E-state index contributed by atoms with van der Waals surface area (Å²) in [6, 6.07) is 4.70. The molecule has 0 aliphatic carbocycles. The minimum atomic E-state index is -1.12. The summed E-state index contributed by atoms with van der Waals surface area (Å²) in [7, 11) is 0. The second-order valence-corrected chi connectivity index (χ2v) is 2.83. The first-order valence-electron chi connectivity index (χ1n) is 4.22. The van der Waals surface area contributed by atoms with Gasteiger partial charge in [-0.1, -0.05) is 0 Å². The first-order chi connectivity index (χ1) is 7.70. The van der Waals surface area contributed by atoms with Crippen molar-refractivity contribution in [2.75, 3.05) is 0 Å². The van der Waals surface area contributed by atoms with Crippen molar-refractivity contribution in [2.45, 2.75) is 0 Å². The molecular formula is C9H5N5O2. The van der Waals surface area contributed by atoms with E-state index in [2.05, 4.69) is 15.1 Å². The summed E-state index contributed by atoms with van der Waals surface area (Å²) in [5, 5.41) is 21.1. The molecule has 2 aromatic rings. The molecule has 78 valence electrons. The Hall–Kier alpha value is -2.75. The second-order valence-electron chi connectivity index (χ2n) is 2.83. The lowest BCUT2D eigenvalue weighted by atomic mass is 10.3. The average molecular weight is 215 g/mol. The largest absolute Gasteiger partial charge is 0.477 e. The van der Waals surface area contributed by atoms with Crippen molar-refractivity contribution in [2.24, 2.45) is 0 Å². The van der Waals surface area contributed by atoms with E-state index in [0.717, 1.165) is 0 Å². The quantitative estimate of drug-likeness (QED) is 0.768. The van der Waals surface area contributed by atoms with Gasteiger partial charge in [0, 0.05) is 6.20 Å². The number of carboxylic acid groups (broad SMARTS) is 1. The minimum absolute atomic E-state index is 0.0219. The Labute approximate surface area is 89.6 Å². The number of carboxylic acids is 1. The number of aromatic nitrogens is 4. The summed E-state index contributed by atoms with van der Waals surface area (Å²) in [5.74, 6) is -1.10. The number of nitriles is 1. The van der Waals surface area contributed by atoms with Crippen molar-refractivity contribution >= 4 is 5.97 Å². The molecule has 2 rings (SSSR count). The third-order valence-electron chi connectivity index (χ3n) is 1.82. The summed E-state index contributed by atoms with van der Waals surface area (Å²) in [6.07, 6.45) is 2.69. The van der Waals surface area contributed by atoms with Crippen molar-refractivity contribution in [3.8, 4) is 11.8 Å². The Balaban J connectivity index is 2.44. The van der Waals surface area contributed by atoms with Crippen molar-refractivity contribution in [3.63, 3.8) is 0 Å². The van der Waals surface area contributed by atoms with Gasteiger partial charge in [0.15, 0.2) is 0 Å². The van der Waals surface area contributed by atoms with Crippen LogP contribution in [0.2, 0.25) is 0 Å². The van der Waals surface area contributed by atoms with Crippen LogP contribution >= 0.6 is 0 Å². The number of carbonyl (C=O) groups is 1. The van der Waals surface area contributed by atoms with E-state index in [-0.39, 0.29) is 11.5 Å². The van der Waals surface area contributed by atoms with Crippen LogP contribution in [0.5, 0.6) is 0 Å². The van der Waals surface area contributed by atoms with Crippen molar-refractivity contribution < 1.29 is 9.90 Å². The van der Waals surface area contributed by atoms with Gasteiger partial charge in [0.25, 0.3) is 5.82 Å². The first kappa shape index (κ1) is 9.79. The highest BCUT2D eigenvalue weighted by Crippen LogP contribution is 2.06. The smallest absolute Gasteiger partial charge is 0.354 e. The lowest BCUT2D eigenvalue weighted by Gasteiger charge is -1.99. The van der Waals surface area contributed by atoms with Gasteiger partial charge < -0.3 is 5.11 Å². The molecule has 0 aliphatic rings. The van der Waals surface area contributed by atoms with Gasteiger partial charge in [-0.25, -0.2) is 19.4 Å². The summed E-state index contributed by atoms with van der Waals surface area (Å²) >= 11 is 0. The Morgan fingerprint density at radius 1 is 1.50 bits per heavy atom. The SMILES string of the molecule is N#Cc1ncn(-c2ccnc(C(=O)O)c2)n1. The molecule has 7 nitrogen and oxygen atoms in total. The molecule has 1 N–H and O–H groups in total. The van der Waals surface area contributed by atoms with Gasteiger partial charge in [-0.2, -0.15) is 5.26 Å². The zero-order chi connectivity index (χ0) is 11.5. The molecule has 0 aromatic carbocycles. The van der Waals surface area contributed by atoms with Gasteiger partial charge in [0.2, 0.25) is 0 Å². The minimum Gasteiger partial charge on any atom is -0.477 e. The number of pyridine rings is 1. The highest BCUT2D eigenvalue weighted by Gasteiger charge is 2.07. The summed E-state index contributed by atoms with van der Waals surface area (Å²) < 4.78 is 1.31. The topological polar surface area (TPSA) is 105 Å². The maximum Gasteiger partial charge on any atom is 0.354 e. The van der Waals surface area contributed by atoms with Crippen molar-refractivity contribution in [1.29, 1.82) is 5.26 Å². The van der Waals surface area contributed by atoms with Crippen LogP contribution < -0.4 is 0 Å². The molecule has 0 radical (unpaired) electrons. The van der Waals surface area contributed by atoms with Crippen LogP contribution in [0.15, 0.2) is 24.7 Å². The molecule has 0 saturated heterocycles. The molecule has 0 unspecified atom stereocenters. The average Bonchev–Trinajstić information content (AvgIpc) is 2.77. The highest BCUT2D eigenvalue weighted by molar-refractivity contribution is 5.85. The Morgan fingerprint density at radius 3 is 2.94 bits per heavy atom. The first-order valence-corrected chi connectivity index (χ1v) is 4.22. The molecule has 0 amide bonds. The van der Waals surface area contributed by atoms with E-state index < -0.39 is 5.97 Å². The van der Waals surface area contributed by atoms with E-state index >= 15 is 0 Å². The van der Waals surface area contributed by atoms with Gasteiger partial charge in [0.1, 0.15) is 18.1 Å². The van der Waals surface area contributed by atoms with Gasteiger partial charge >= 0.3 is 5.97 Å². The number of aromatic carboxylic acids is 1. The fraction of sp³-hybridized carbons (Fsp3) is 0. The number of nitrogens with zero attached hydrogens (tertiary/aromatic N) is 5. The Kier molecular flexibility index (Phi) is 2.31. The molecular weight excluding hydrogens is 210 g/mol. The maximum atomic E-state index is 10.7. The van der Waals surface area contributed by atoms with Gasteiger partial charge in [-0.3, -0.25) is 0 Å². The summed E-state index contributed by atoms with van der Waals surface area (Å²) in [6.45, 7) is 0. The third kappa shape index (κ3) is 1.72. The van der Waals surface area contributed by atoms with Crippen LogP contribution in [0.3, 0.4) is 0 Å². The van der Waals surface area contributed by atoms with Crippen LogP contribution in [0.4, 0.5) is 0 Å². The van der Waals surface area contributed by atoms with Gasteiger partial charge in [-0.05, 0) is 12.1 Å². The maximum absolute atomic E-state index is 10.7. The van der Waals surface area contributed by atoms with Gasteiger partial charge in [0.05, 0.1) is 5.69 Å². The van der Waals surface area contributed by atoms with Crippen LogP contribution in [0.25, 0.3) is 5.69 Å². The third-order valence-corrected chi connectivity index (χ3v) is 1.82. The van der Waals surface area contributed by atoms with Crippen molar-refractivity contribution in [3.05, 3.63) is 36.2 Å². The predicted molar refractivity (Wildman–Crippen MR) is 50.8 cm³/mol. The fourth-order valence-electron chi connectivity index (χ4n) is 1.12. The van der Waals surface area contributed by atoms with E-state index in [0.29, 0.717) is 5.69 Å². The molecule has 7 heteroatoms. The molecule has 0 atom stereocenters. The van der Waals surface area contributed by atoms with Crippen LogP contribution in [-0.2, 0) is 0 Å². The lowest BCUT2D eigenvalue weighted by molar-refractivity contribution is 0.0690. The van der Waals surface area contributed by atoms with E-state index in [1.165, 1.54) is 23.3 Å². The second kappa shape index (κ2) is 3.78. The summed E-state index contributed by atoms with van der Waals surface area (Å²) in [5.41, 5.74) is 0.396. The van der Waals surface area contributed by atoms with Crippen LogP contribution in [0, 0.1) is 11.3 Å². The van der Waals surface area contributed by atoms with E-state index in [9.17, 15) is 4.79 Å². The number of hydrogen-bond acceptors (Lipinski definition) is 5. The normalized spacial score (nSPS) is 9.69. The van der Waals surface area contributed by atoms with E-state index in [1.54, 1.807) is 12.1 Å². The molecule has 2 heterocycles. The zero-order valence-corrected chi connectivity index (χ0v) is 7.90. The molecule has 0 aliphatic heterocycles. The van der Waals surface area contributed by atoms with E-state index in [1.807, 2.05) is 0 Å². The molecule has 2 aromatic heterocycles. The van der Waals surface area contributed by atoms with Crippen molar-refractivity contribution in [1.82, 2.24) is 19.7 Å².